The minimum Gasteiger partial charge on any atom is -0.384 e. The van der Waals surface area contributed by atoms with Crippen LogP contribution in [0, 0.1) is 5.92 Å². The summed E-state index contributed by atoms with van der Waals surface area (Å²) in [5.41, 5.74) is 5.95. The molecule has 1 unspecified atom stereocenters. The summed E-state index contributed by atoms with van der Waals surface area (Å²) in [6.45, 7) is 4.52. The first-order valence-corrected chi connectivity index (χ1v) is 7.65. The van der Waals surface area contributed by atoms with Crippen molar-refractivity contribution in [1.82, 2.24) is 9.97 Å². The second-order valence-corrected chi connectivity index (χ2v) is 5.98. The van der Waals surface area contributed by atoms with Gasteiger partial charge in [-0.1, -0.05) is 13.3 Å². The first kappa shape index (κ1) is 12.7. The lowest BCUT2D eigenvalue weighted by atomic mass is 9.98. The standard InChI is InChI=1S/C15H24N4/c1-2-11-4-3-8-19(9-7-11)14-10-13(16)17-15(18-14)12-5-6-12/h10-12H,2-9H2,1H3,(H2,16,17,18). The van der Waals surface area contributed by atoms with Crippen LogP contribution >= 0.6 is 0 Å². The molecule has 1 aliphatic heterocycles. The quantitative estimate of drug-likeness (QED) is 0.907. The van der Waals surface area contributed by atoms with Gasteiger partial charge in [-0.25, -0.2) is 9.97 Å². The highest BCUT2D eigenvalue weighted by Gasteiger charge is 2.28. The van der Waals surface area contributed by atoms with Crippen molar-refractivity contribution in [2.24, 2.45) is 5.92 Å². The van der Waals surface area contributed by atoms with Gasteiger partial charge in [0.25, 0.3) is 0 Å². The predicted octanol–water partition coefficient (Wildman–Crippen LogP) is 2.95. The molecule has 2 aliphatic rings. The Hall–Kier alpha value is -1.32. The Balaban J connectivity index is 1.77. The Morgan fingerprint density at radius 3 is 2.79 bits per heavy atom. The SMILES string of the molecule is CCC1CCCN(c2cc(N)nc(C3CC3)n2)CC1. The second kappa shape index (κ2) is 5.35. The van der Waals surface area contributed by atoms with Gasteiger partial charge in [-0.2, -0.15) is 0 Å². The van der Waals surface area contributed by atoms with Crippen molar-refractivity contribution < 1.29 is 0 Å². The highest BCUT2D eigenvalue weighted by molar-refractivity contribution is 5.47. The van der Waals surface area contributed by atoms with Crippen LogP contribution in [0.4, 0.5) is 11.6 Å². The molecule has 3 rings (SSSR count). The van der Waals surface area contributed by atoms with Gasteiger partial charge in [-0.15, -0.1) is 0 Å². The number of aromatic nitrogens is 2. The molecule has 1 aliphatic carbocycles. The van der Waals surface area contributed by atoms with Gasteiger partial charge in [0.1, 0.15) is 17.5 Å². The molecule has 4 heteroatoms. The van der Waals surface area contributed by atoms with Crippen LogP contribution < -0.4 is 10.6 Å². The summed E-state index contributed by atoms with van der Waals surface area (Å²) in [6, 6.07) is 1.94. The maximum absolute atomic E-state index is 5.95. The molecule has 0 amide bonds. The van der Waals surface area contributed by atoms with Gasteiger partial charge >= 0.3 is 0 Å². The van der Waals surface area contributed by atoms with E-state index in [4.69, 9.17) is 10.7 Å². The summed E-state index contributed by atoms with van der Waals surface area (Å²) in [5, 5.41) is 0. The lowest BCUT2D eigenvalue weighted by Gasteiger charge is -2.22. The Kier molecular flexibility index (Phi) is 3.58. The van der Waals surface area contributed by atoms with Crippen LogP contribution in [0.2, 0.25) is 0 Å². The number of nitrogen functional groups attached to an aromatic ring is 1. The van der Waals surface area contributed by atoms with Gasteiger partial charge < -0.3 is 10.6 Å². The van der Waals surface area contributed by atoms with E-state index in [1.807, 2.05) is 6.07 Å². The molecule has 104 valence electrons. The van der Waals surface area contributed by atoms with Crippen LogP contribution in [-0.2, 0) is 0 Å². The molecule has 1 aromatic rings. The third kappa shape index (κ3) is 2.99. The van der Waals surface area contributed by atoms with E-state index < -0.39 is 0 Å². The van der Waals surface area contributed by atoms with Gasteiger partial charge in [0.15, 0.2) is 0 Å². The monoisotopic (exact) mass is 260 g/mol. The van der Waals surface area contributed by atoms with Crippen molar-refractivity contribution in [2.75, 3.05) is 23.7 Å². The van der Waals surface area contributed by atoms with E-state index in [0.29, 0.717) is 11.7 Å². The van der Waals surface area contributed by atoms with Crippen LogP contribution in [0.25, 0.3) is 0 Å². The fourth-order valence-electron chi connectivity index (χ4n) is 2.96. The van der Waals surface area contributed by atoms with Gasteiger partial charge in [0.2, 0.25) is 0 Å². The van der Waals surface area contributed by atoms with E-state index in [9.17, 15) is 0 Å². The van der Waals surface area contributed by atoms with E-state index in [2.05, 4.69) is 16.8 Å². The summed E-state index contributed by atoms with van der Waals surface area (Å²) in [7, 11) is 0. The predicted molar refractivity (Wildman–Crippen MR) is 78.3 cm³/mol. The zero-order valence-electron chi connectivity index (χ0n) is 11.8. The zero-order chi connectivity index (χ0) is 13.2. The number of anilines is 2. The topological polar surface area (TPSA) is 55.0 Å². The molecule has 0 radical (unpaired) electrons. The molecule has 0 spiro atoms. The fraction of sp³-hybridized carbons (Fsp3) is 0.733. The van der Waals surface area contributed by atoms with E-state index in [1.165, 1.54) is 38.5 Å². The van der Waals surface area contributed by atoms with Crippen LogP contribution in [0.1, 0.15) is 57.2 Å². The van der Waals surface area contributed by atoms with Crippen molar-refractivity contribution in [3.8, 4) is 0 Å². The summed E-state index contributed by atoms with van der Waals surface area (Å²) in [4.78, 5) is 11.5. The molecular weight excluding hydrogens is 236 g/mol. The van der Waals surface area contributed by atoms with Gasteiger partial charge in [-0.3, -0.25) is 0 Å². The molecule has 1 saturated heterocycles. The van der Waals surface area contributed by atoms with E-state index in [0.717, 1.165) is 30.6 Å². The molecule has 2 N–H and O–H groups in total. The highest BCUT2D eigenvalue weighted by Crippen LogP contribution is 2.39. The van der Waals surface area contributed by atoms with Crippen LogP contribution in [-0.4, -0.2) is 23.1 Å². The number of nitrogens with zero attached hydrogens (tertiary/aromatic N) is 3. The molecule has 2 fully saturated rings. The molecule has 0 aromatic carbocycles. The molecule has 4 nitrogen and oxygen atoms in total. The largest absolute Gasteiger partial charge is 0.384 e. The second-order valence-electron chi connectivity index (χ2n) is 5.98. The third-order valence-corrected chi connectivity index (χ3v) is 4.44. The van der Waals surface area contributed by atoms with E-state index >= 15 is 0 Å². The molecule has 0 bridgehead atoms. The lowest BCUT2D eigenvalue weighted by molar-refractivity contribution is 0.459. The van der Waals surface area contributed by atoms with Crippen molar-refractivity contribution in [2.45, 2.75) is 51.4 Å². The van der Waals surface area contributed by atoms with Crippen molar-refractivity contribution in [3.05, 3.63) is 11.9 Å². The first-order chi connectivity index (χ1) is 9.26. The van der Waals surface area contributed by atoms with Gasteiger partial charge in [0.05, 0.1) is 0 Å². The summed E-state index contributed by atoms with van der Waals surface area (Å²) < 4.78 is 0. The maximum atomic E-state index is 5.95. The van der Waals surface area contributed by atoms with Crippen molar-refractivity contribution in [1.29, 1.82) is 0 Å². The fourth-order valence-corrected chi connectivity index (χ4v) is 2.96. The smallest absolute Gasteiger partial charge is 0.136 e. The zero-order valence-corrected chi connectivity index (χ0v) is 11.8. The number of hydrogen-bond acceptors (Lipinski definition) is 4. The van der Waals surface area contributed by atoms with Gasteiger partial charge in [0, 0.05) is 25.1 Å². The van der Waals surface area contributed by atoms with Crippen molar-refractivity contribution >= 4 is 11.6 Å². The van der Waals surface area contributed by atoms with Crippen LogP contribution in [0.3, 0.4) is 0 Å². The maximum Gasteiger partial charge on any atom is 0.136 e. The molecule has 2 heterocycles. The lowest BCUT2D eigenvalue weighted by Crippen LogP contribution is -2.26. The van der Waals surface area contributed by atoms with Crippen molar-refractivity contribution in [3.63, 3.8) is 0 Å². The highest BCUT2D eigenvalue weighted by atomic mass is 15.2. The molecular formula is C15H24N4. The number of nitrogens with two attached hydrogens (primary N) is 1. The number of hydrogen-bond donors (Lipinski definition) is 1. The molecule has 1 aromatic heterocycles. The Morgan fingerprint density at radius 2 is 2.05 bits per heavy atom. The molecule has 19 heavy (non-hydrogen) atoms. The van der Waals surface area contributed by atoms with Gasteiger partial charge in [-0.05, 0) is 38.0 Å². The third-order valence-electron chi connectivity index (χ3n) is 4.44. The van der Waals surface area contributed by atoms with E-state index in [1.54, 1.807) is 0 Å². The Bertz CT molecular complexity index is 442. The van der Waals surface area contributed by atoms with E-state index in [-0.39, 0.29) is 0 Å². The summed E-state index contributed by atoms with van der Waals surface area (Å²) in [6.07, 6.45) is 7.64. The van der Waals surface area contributed by atoms with Crippen LogP contribution in [0.5, 0.6) is 0 Å². The minimum absolute atomic E-state index is 0.567. The van der Waals surface area contributed by atoms with Crippen LogP contribution in [0.15, 0.2) is 6.07 Å². The normalized spacial score (nSPS) is 24.3. The first-order valence-electron chi connectivity index (χ1n) is 7.65. The summed E-state index contributed by atoms with van der Waals surface area (Å²) in [5.74, 6) is 4.09. The average molecular weight is 260 g/mol. The molecule has 1 atom stereocenters. The Morgan fingerprint density at radius 1 is 1.21 bits per heavy atom. The number of rotatable bonds is 3. The minimum atomic E-state index is 0.567. The Labute approximate surface area is 115 Å². The summed E-state index contributed by atoms with van der Waals surface area (Å²) >= 11 is 0. The average Bonchev–Trinajstić information content (AvgIpc) is 3.24. The molecule has 1 saturated carbocycles.